The summed E-state index contributed by atoms with van der Waals surface area (Å²) in [5.41, 5.74) is 15.3. The van der Waals surface area contributed by atoms with Crippen LogP contribution in [0.4, 0.5) is 0 Å². The van der Waals surface area contributed by atoms with E-state index in [9.17, 15) is 19.5 Å². The minimum atomic E-state index is -1.68. The van der Waals surface area contributed by atoms with Gasteiger partial charge in [0.25, 0.3) is 0 Å². The molecule has 0 amide bonds. The summed E-state index contributed by atoms with van der Waals surface area (Å²) in [6.07, 6.45) is 4.72. The Morgan fingerprint density at radius 3 is 1.07 bits per heavy atom. The van der Waals surface area contributed by atoms with Crippen molar-refractivity contribution in [3.05, 3.63) is 71.8 Å². The summed E-state index contributed by atoms with van der Waals surface area (Å²) in [5.74, 6) is -4.28. The van der Waals surface area contributed by atoms with Crippen molar-refractivity contribution in [1.29, 1.82) is 21.0 Å². The quantitative estimate of drug-likeness (QED) is 0.173. The lowest BCUT2D eigenvalue weighted by atomic mass is 10.2. The first kappa shape index (κ1) is 55.9. The number of aliphatic carboxylic acids is 2. The van der Waals surface area contributed by atoms with E-state index in [-0.39, 0.29) is 11.1 Å². The zero-order valence-corrected chi connectivity index (χ0v) is 32.9. The summed E-state index contributed by atoms with van der Waals surface area (Å²) < 4.78 is 9.66. The first-order valence-electron chi connectivity index (χ1n) is 17.7. The molecule has 0 fully saturated rings. The van der Waals surface area contributed by atoms with Crippen molar-refractivity contribution in [3.8, 4) is 24.3 Å². The van der Waals surface area contributed by atoms with E-state index in [0.717, 1.165) is 32.6 Å². The van der Waals surface area contributed by atoms with Gasteiger partial charge in [0.2, 0.25) is 0 Å². The normalized spacial score (nSPS) is 11.7. The van der Waals surface area contributed by atoms with Gasteiger partial charge in [0.05, 0.1) is 91.2 Å². The van der Waals surface area contributed by atoms with Crippen LogP contribution in [-0.2, 0) is 19.1 Å². The fraction of sp³-hybridized carbons (Fsp3) is 0.487. The number of esters is 2. The number of rotatable bonds is 14. The lowest BCUT2D eigenvalue weighted by Crippen LogP contribution is -2.60. The average molecular weight is 769 g/mol. The van der Waals surface area contributed by atoms with Crippen molar-refractivity contribution in [2.75, 3.05) is 6.61 Å². The van der Waals surface area contributed by atoms with Crippen molar-refractivity contribution >= 4 is 23.9 Å². The number of carboxylic acid groups (broad SMARTS) is 2. The van der Waals surface area contributed by atoms with E-state index in [4.69, 9.17) is 40.4 Å². The number of hydrogen-bond donors (Lipinski definition) is 4. The topological polar surface area (TPSA) is 339 Å². The van der Waals surface area contributed by atoms with Crippen LogP contribution in [0.5, 0.6) is 0 Å². The van der Waals surface area contributed by atoms with Gasteiger partial charge in [-0.05, 0) is 56.9 Å². The lowest BCUT2D eigenvalue weighted by molar-refractivity contribution is -0.419. The molecule has 0 bridgehead atoms. The van der Waals surface area contributed by atoms with Gasteiger partial charge in [-0.15, -0.1) is 0 Å². The molecule has 0 aromatic heterocycles. The molecule has 0 radical (unpaired) electrons. The number of carboxylic acids is 2. The van der Waals surface area contributed by atoms with Gasteiger partial charge in [0, 0.05) is 5.97 Å². The van der Waals surface area contributed by atoms with E-state index < -0.39 is 36.6 Å². The zero-order valence-electron chi connectivity index (χ0n) is 32.9. The SMILES string of the molecule is CC(=O)[O-].CC[C@@H]([NH3+])CC#N.CC[C@H]([NH3+])CC#N.CC[C@H]([NH3+])CC#N.CC[C@H]([NH3+])CC#N.O=C(OC[C@H](OC(=O)c1ccccc1)C(=O)[O-])c1ccccc1. The molecular weight excluding hydrogens is 708 g/mol. The van der Waals surface area contributed by atoms with E-state index in [1.54, 1.807) is 36.4 Å². The molecule has 0 aliphatic heterocycles. The lowest BCUT2D eigenvalue weighted by Gasteiger charge is -2.18. The third kappa shape index (κ3) is 39.2. The number of carbonyl (C=O) groups excluding carboxylic acids is 4. The largest absolute Gasteiger partial charge is 0.550 e. The second-order valence-electron chi connectivity index (χ2n) is 11.6. The molecule has 0 aliphatic rings. The Morgan fingerprint density at radius 1 is 0.582 bits per heavy atom. The van der Waals surface area contributed by atoms with Crippen LogP contribution in [0.25, 0.3) is 0 Å². The van der Waals surface area contributed by atoms with E-state index in [1.165, 1.54) is 24.3 Å². The van der Waals surface area contributed by atoms with Gasteiger partial charge in [-0.2, -0.15) is 21.0 Å². The highest BCUT2D eigenvalue weighted by Gasteiger charge is 2.19. The summed E-state index contributed by atoms with van der Waals surface area (Å²) in [5, 5.41) is 52.2. The predicted molar refractivity (Wildman–Crippen MR) is 197 cm³/mol. The number of benzene rings is 2. The standard InChI is InChI=1S/C17H14O6.4C5H10N2.C2H4O2/c18-15(19)14(23-17(21)13-9-5-2-6-10-13)11-22-16(20)12-7-3-1-4-8-12;4*1-2-5(7)3-4-6;1-2(3)4/h1-10,14H,11H2,(H,18,19);4*5H,2-3,7H2,1H3;1H3,(H,3,4)/p+2/t14-;4*5-;/m01000./s1. The molecule has 16 heteroatoms. The molecule has 0 saturated heterocycles. The third-order valence-corrected chi connectivity index (χ3v) is 6.73. The highest BCUT2D eigenvalue weighted by atomic mass is 16.6. The van der Waals surface area contributed by atoms with Crippen LogP contribution in [-0.4, -0.2) is 60.8 Å². The molecule has 2 aromatic carbocycles. The molecule has 55 heavy (non-hydrogen) atoms. The van der Waals surface area contributed by atoms with E-state index in [2.05, 4.69) is 47.2 Å². The van der Waals surface area contributed by atoms with Crippen molar-refractivity contribution in [2.24, 2.45) is 0 Å². The summed E-state index contributed by atoms with van der Waals surface area (Å²) in [6.45, 7) is 8.49. The Hall–Kier alpha value is -5.88. The summed E-state index contributed by atoms with van der Waals surface area (Å²) in [7, 11) is 0. The molecule has 2 aromatic rings. The first-order chi connectivity index (χ1) is 26.0. The Morgan fingerprint density at radius 2 is 0.855 bits per heavy atom. The highest BCUT2D eigenvalue weighted by Crippen LogP contribution is 2.06. The molecule has 0 saturated carbocycles. The molecule has 12 N–H and O–H groups in total. The van der Waals surface area contributed by atoms with E-state index >= 15 is 0 Å². The van der Waals surface area contributed by atoms with Gasteiger partial charge in [-0.1, -0.05) is 64.1 Å². The van der Waals surface area contributed by atoms with Crippen LogP contribution in [0.1, 0.15) is 107 Å². The second kappa shape index (κ2) is 39.3. The van der Waals surface area contributed by atoms with Crippen molar-refractivity contribution in [3.63, 3.8) is 0 Å². The molecule has 302 valence electrons. The number of carbonyl (C=O) groups is 4. The van der Waals surface area contributed by atoms with Gasteiger partial charge < -0.3 is 52.2 Å². The van der Waals surface area contributed by atoms with Crippen LogP contribution in [0.2, 0.25) is 0 Å². The molecule has 0 aliphatic carbocycles. The van der Waals surface area contributed by atoms with Crippen LogP contribution in [0.3, 0.4) is 0 Å². The number of hydrogen-bond acceptors (Lipinski definition) is 12. The average Bonchev–Trinajstić information content (AvgIpc) is 3.17. The maximum Gasteiger partial charge on any atom is 0.338 e. The molecule has 0 unspecified atom stereocenters. The summed E-state index contributed by atoms with van der Waals surface area (Å²) >= 11 is 0. The number of nitriles is 4. The molecule has 0 heterocycles. The first-order valence-corrected chi connectivity index (χ1v) is 17.7. The Balaban J connectivity index is -0.000000334. The monoisotopic (exact) mass is 768 g/mol. The van der Waals surface area contributed by atoms with Crippen LogP contribution >= 0.6 is 0 Å². The third-order valence-electron chi connectivity index (χ3n) is 6.73. The highest BCUT2D eigenvalue weighted by molar-refractivity contribution is 5.91. The number of ether oxygens (including phenoxy) is 2. The fourth-order valence-corrected chi connectivity index (χ4v) is 2.82. The number of quaternary nitrogens is 4. The Kier molecular flexibility index (Phi) is 40.0. The van der Waals surface area contributed by atoms with Gasteiger partial charge in [-0.3, -0.25) is 0 Å². The van der Waals surface area contributed by atoms with Gasteiger partial charge in [0.15, 0.2) is 6.10 Å². The summed E-state index contributed by atoms with van der Waals surface area (Å²) in [4.78, 5) is 43.5. The summed E-state index contributed by atoms with van der Waals surface area (Å²) in [6, 6.07) is 25.5. The minimum Gasteiger partial charge on any atom is -0.550 e. The van der Waals surface area contributed by atoms with Crippen LogP contribution in [0, 0.1) is 45.3 Å². The Labute approximate surface area is 325 Å². The van der Waals surface area contributed by atoms with Crippen LogP contribution < -0.4 is 33.1 Å². The van der Waals surface area contributed by atoms with Crippen molar-refractivity contribution in [1.82, 2.24) is 0 Å². The molecule has 2 rings (SSSR count). The van der Waals surface area contributed by atoms with Gasteiger partial charge >= 0.3 is 11.9 Å². The van der Waals surface area contributed by atoms with Gasteiger partial charge in [-0.25, -0.2) is 9.59 Å². The maximum absolute atomic E-state index is 11.8. The molecule has 16 nitrogen and oxygen atoms in total. The fourth-order valence-electron chi connectivity index (χ4n) is 2.82. The maximum atomic E-state index is 11.8. The van der Waals surface area contributed by atoms with E-state index in [0.29, 0.717) is 49.9 Å². The zero-order chi connectivity index (χ0) is 43.0. The molecule has 5 atom stereocenters. The molecule has 0 spiro atoms. The van der Waals surface area contributed by atoms with Crippen molar-refractivity contribution in [2.45, 2.75) is 116 Å². The van der Waals surface area contributed by atoms with Gasteiger partial charge in [0.1, 0.15) is 6.61 Å². The predicted octanol–water partition coefficient (Wildman–Crippen LogP) is -0.743. The van der Waals surface area contributed by atoms with Crippen LogP contribution in [0.15, 0.2) is 60.7 Å². The van der Waals surface area contributed by atoms with E-state index in [1.807, 2.05) is 27.7 Å². The minimum absolute atomic E-state index is 0.188. The second-order valence-corrected chi connectivity index (χ2v) is 11.6. The Bertz CT molecular complexity index is 1380. The smallest absolute Gasteiger partial charge is 0.338 e. The van der Waals surface area contributed by atoms with Crippen molar-refractivity contribution < 1.29 is 61.8 Å². The molecular formula is C39H60N8O8+2. The number of nitrogens with zero attached hydrogens (tertiary/aromatic N) is 4.